The van der Waals surface area contributed by atoms with Crippen molar-refractivity contribution in [3.05, 3.63) is 29.8 Å². The molecule has 0 N–H and O–H groups in total. The summed E-state index contributed by atoms with van der Waals surface area (Å²) in [4.78, 5) is 2.31. The second kappa shape index (κ2) is 8.33. The zero-order valence-electron chi connectivity index (χ0n) is 17.9. The largest absolute Gasteiger partial charge is 0.524 e. The number of hydrogen-bond acceptors (Lipinski definition) is 7. The number of halogens is 1. The number of rotatable bonds is 4. The molecule has 1 saturated heterocycles. The lowest BCUT2D eigenvalue weighted by molar-refractivity contribution is -0.752. The predicted octanol–water partition coefficient (Wildman–Crippen LogP) is 3.91. The minimum Gasteiger partial charge on any atom is -0.497 e. The first-order valence-electron chi connectivity index (χ1n) is 10.5. The van der Waals surface area contributed by atoms with Crippen molar-refractivity contribution >= 4 is 56.9 Å². The Hall–Kier alpha value is -1.71. The van der Waals surface area contributed by atoms with Crippen LogP contribution in [0.5, 0.6) is 5.75 Å². The van der Waals surface area contributed by atoms with Crippen LogP contribution in [0.25, 0.3) is 0 Å². The minimum atomic E-state index is -0.478. The fourth-order valence-corrected chi connectivity index (χ4v) is 7.29. The van der Waals surface area contributed by atoms with Gasteiger partial charge in [0, 0.05) is 40.9 Å². The molecule has 2 unspecified atom stereocenters. The average Bonchev–Trinajstić information content (AvgIpc) is 3.39. The van der Waals surface area contributed by atoms with Gasteiger partial charge in [0.1, 0.15) is 24.1 Å². The van der Waals surface area contributed by atoms with Crippen molar-refractivity contribution in [3.63, 3.8) is 0 Å². The number of methoxy groups -OCH3 is 1. The highest BCUT2D eigenvalue weighted by atomic mass is 35.5. The van der Waals surface area contributed by atoms with E-state index in [2.05, 4.69) is 28.1 Å². The number of ether oxygens (including phenoxy) is 2. The van der Waals surface area contributed by atoms with Crippen LogP contribution in [0.2, 0.25) is 0 Å². The van der Waals surface area contributed by atoms with Gasteiger partial charge in [-0.15, -0.1) is 11.6 Å². The maximum atomic E-state index is 6.44. The Morgan fingerprint density at radius 2 is 2.16 bits per heavy atom. The summed E-state index contributed by atoms with van der Waals surface area (Å²) in [7, 11) is 1.67. The van der Waals surface area contributed by atoms with Gasteiger partial charge in [-0.1, -0.05) is 19.1 Å². The highest BCUT2D eigenvalue weighted by Gasteiger charge is 2.74. The van der Waals surface area contributed by atoms with E-state index in [0.29, 0.717) is 11.8 Å². The molecule has 0 aliphatic carbocycles. The zero-order chi connectivity index (χ0) is 21.6. The Labute approximate surface area is 195 Å². The number of alkyl halides is 1. The maximum Gasteiger partial charge on any atom is 0.524 e. The molecular weight excluding hydrogens is 454 g/mol. The molecule has 10 heteroatoms. The van der Waals surface area contributed by atoms with Gasteiger partial charge < -0.3 is 14.4 Å². The molecule has 0 saturated carbocycles. The normalized spacial score (nSPS) is 27.4. The van der Waals surface area contributed by atoms with E-state index in [1.807, 2.05) is 24.3 Å². The van der Waals surface area contributed by atoms with E-state index >= 15 is 0 Å². The smallest absolute Gasteiger partial charge is 0.497 e. The number of hydrazone groups is 2. The van der Waals surface area contributed by atoms with Gasteiger partial charge in [-0.25, -0.2) is 0 Å². The van der Waals surface area contributed by atoms with Crippen LogP contribution in [0, 0.1) is 0 Å². The van der Waals surface area contributed by atoms with Gasteiger partial charge >= 0.3 is 9.56 Å². The lowest BCUT2D eigenvalue weighted by atomic mass is 10.1. The van der Waals surface area contributed by atoms with Gasteiger partial charge in [0.2, 0.25) is 5.17 Å². The first-order chi connectivity index (χ1) is 15.0. The molecule has 0 radical (unpaired) electrons. The molecule has 4 aliphatic heterocycles. The Balaban J connectivity index is 1.37. The summed E-state index contributed by atoms with van der Waals surface area (Å²) in [6.07, 6.45) is 3.05. The Morgan fingerprint density at radius 3 is 2.94 bits per heavy atom. The van der Waals surface area contributed by atoms with E-state index < -0.39 is 4.33 Å². The van der Waals surface area contributed by atoms with Gasteiger partial charge in [-0.05, 0) is 30.5 Å². The molecule has 1 spiro atoms. The van der Waals surface area contributed by atoms with E-state index in [1.165, 1.54) is 5.71 Å². The average molecular weight is 480 g/mol. The Morgan fingerprint density at radius 1 is 1.29 bits per heavy atom. The predicted molar refractivity (Wildman–Crippen MR) is 128 cm³/mol. The van der Waals surface area contributed by atoms with Crippen molar-refractivity contribution in [2.24, 2.45) is 10.2 Å². The molecule has 1 fully saturated rings. The number of thioether (sulfide) groups is 2. The van der Waals surface area contributed by atoms with Crippen LogP contribution in [0.4, 0.5) is 0 Å². The number of nitrogens with zero attached hydrogens (tertiary/aromatic N) is 5. The number of amidine groups is 1. The SMILES string of the molecule is CCC1=[N+]2N=C(OCc3cccc(OC)c3)SC23SC(N2CCCC(Cl)C2)=N[N+]3=C1C. The van der Waals surface area contributed by atoms with E-state index in [4.69, 9.17) is 31.3 Å². The summed E-state index contributed by atoms with van der Waals surface area (Å²) in [6.45, 7) is 6.55. The number of hydrogen-bond donors (Lipinski definition) is 0. The minimum absolute atomic E-state index is 0.179. The van der Waals surface area contributed by atoms with Crippen LogP contribution in [0.1, 0.15) is 38.7 Å². The van der Waals surface area contributed by atoms with Gasteiger partial charge in [0.15, 0.2) is 0 Å². The van der Waals surface area contributed by atoms with Gasteiger partial charge in [-0.3, -0.25) is 0 Å². The summed E-state index contributed by atoms with van der Waals surface area (Å²) >= 11 is 9.80. The number of benzene rings is 1. The van der Waals surface area contributed by atoms with Crippen LogP contribution in [0.15, 0.2) is 34.5 Å². The van der Waals surface area contributed by atoms with Gasteiger partial charge in [0.05, 0.1) is 29.4 Å². The topological polar surface area (TPSA) is 52.4 Å². The van der Waals surface area contributed by atoms with E-state index in [1.54, 1.807) is 30.6 Å². The fourth-order valence-electron chi connectivity index (χ4n) is 4.24. The molecule has 4 aliphatic rings. The lowest BCUT2D eigenvalue weighted by Crippen LogP contribution is -2.40. The molecule has 5 rings (SSSR count). The van der Waals surface area contributed by atoms with Crippen LogP contribution in [-0.4, -0.2) is 66.0 Å². The maximum absolute atomic E-state index is 6.44. The molecule has 0 amide bonds. The molecule has 0 bridgehead atoms. The van der Waals surface area contributed by atoms with Crippen molar-refractivity contribution in [2.45, 2.75) is 49.4 Å². The zero-order valence-corrected chi connectivity index (χ0v) is 20.3. The van der Waals surface area contributed by atoms with Crippen molar-refractivity contribution < 1.29 is 18.8 Å². The van der Waals surface area contributed by atoms with Crippen molar-refractivity contribution in [1.82, 2.24) is 4.90 Å². The third kappa shape index (κ3) is 3.64. The summed E-state index contributed by atoms with van der Waals surface area (Å²) in [5, 5.41) is 11.7. The summed E-state index contributed by atoms with van der Waals surface area (Å²) < 4.78 is 15.2. The number of likely N-dealkylation sites (tertiary alicyclic amines) is 1. The van der Waals surface area contributed by atoms with Crippen LogP contribution >= 0.6 is 35.1 Å². The van der Waals surface area contributed by atoms with Crippen molar-refractivity contribution in [3.8, 4) is 5.75 Å². The third-order valence-corrected chi connectivity index (χ3v) is 8.78. The molecule has 31 heavy (non-hydrogen) atoms. The molecule has 7 nitrogen and oxygen atoms in total. The fraction of sp³-hybridized carbons (Fsp3) is 0.524. The molecule has 0 aromatic heterocycles. The molecule has 2 atom stereocenters. The third-order valence-electron chi connectivity index (χ3n) is 5.80. The number of piperidine rings is 1. The highest BCUT2D eigenvalue weighted by molar-refractivity contribution is 8.30. The van der Waals surface area contributed by atoms with Crippen LogP contribution in [0.3, 0.4) is 0 Å². The molecule has 1 aromatic rings. The first-order valence-corrected chi connectivity index (χ1v) is 12.6. The summed E-state index contributed by atoms with van der Waals surface area (Å²) in [6, 6.07) is 7.91. The molecular formula is C21H26ClN5O2S2+2. The van der Waals surface area contributed by atoms with Gasteiger partial charge in [-0.2, -0.15) is 0 Å². The van der Waals surface area contributed by atoms with Crippen molar-refractivity contribution in [2.75, 3.05) is 20.2 Å². The van der Waals surface area contributed by atoms with Gasteiger partial charge in [0.25, 0.3) is 11.4 Å². The van der Waals surface area contributed by atoms with Crippen molar-refractivity contribution in [1.29, 1.82) is 0 Å². The van der Waals surface area contributed by atoms with E-state index in [0.717, 1.165) is 54.5 Å². The van der Waals surface area contributed by atoms with Crippen LogP contribution in [-0.2, 0) is 11.3 Å². The quantitative estimate of drug-likeness (QED) is 0.484. The van der Waals surface area contributed by atoms with E-state index in [-0.39, 0.29) is 5.38 Å². The molecule has 164 valence electrons. The monoisotopic (exact) mass is 479 g/mol. The van der Waals surface area contributed by atoms with Crippen LogP contribution < -0.4 is 4.74 Å². The highest BCUT2D eigenvalue weighted by Crippen LogP contribution is 2.52. The standard InChI is InChI=1S/C21H26ClN5O2S2/c1-4-18-14(2)26-21(30-19(23-26)25-10-6-8-16(22)12-25)27(18)24-20(31-21)29-13-15-7-5-9-17(11-15)28-3/h5,7,9,11,16H,4,6,8,10,12-13H2,1-3H3/q+2. The Bertz CT molecular complexity index is 1040. The molecule has 4 heterocycles. The first kappa shape index (κ1) is 21.2. The Kier molecular flexibility index (Phi) is 5.68. The molecule has 1 aromatic carbocycles. The summed E-state index contributed by atoms with van der Waals surface area (Å²) in [5.74, 6) is 0.822. The second-order valence-corrected chi connectivity index (χ2v) is 11.0. The second-order valence-electron chi connectivity index (χ2n) is 7.84. The van der Waals surface area contributed by atoms with E-state index in [9.17, 15) is 0 Å². The lowest BCUT2D eigenvalue weighted by Gasteiger charge is -2.29. The summed E-state index contributed by atoms with van der Waals surface area (Å²) in [5.41, 5.74) is 3.37.